The minimum Gasteiger partial charge on any atom is -0.306 e. The Kier molecular flexibility index (Phi) is 4.01. The molecule has 0 saturated carbocycles. The Bertz CT molecular complexity index is 851. The number of nitrogens with zero attached hydrogens (tertiary/aromatic N) is 5. The van der Waals surface area contributed by atoms with Crippen LogP contribution in [0.5, 0.6) is 0 Å². The molecule has 1 saturated heterocycles. The summed E-state index contributed by atoms with van der Waals surface area (Å²) in [5.74, 6) is 1.39. The number of hydrogen-bond acceptors (Lipinski definition) is 5. The molecule has 1 aromatic carbocycles. The summed E-state index contributed by atoms with van der Waals surface area (Å²) in [6, 6.07) is 5.56. The van der Waals surface area contributed by atoms with Gasteiger partial charge in [0.05, 0.1) is 10.0 Å². The molecular formula is C15H15Cl2N5S. The molecule has 0 atom stereocenters. The van der Waals surface area contributed by atoms with Crippen LogP contribution in [0.4, 0.5) is 0 Å². The lowest BCUT2D eigenvalue weighted by atomic mass is 9.96. The molecule has 1 aliphatic heterocycles. The van der Waals surface area contributed by atoms with E-state index in [0.29, 0.717) is 16.0 Å². The zero-order valence-corrected chi connectivity index (χ0v) is 14.9. The van der Waals surface area contributed by atoms with Crippen molar-refractivity contribution in [2.75, 3.05) is 20.1 Å². The Balaban J connectivity index is 1.70. The second-order valence-electron chi connectivity index (χ2n) is 5.87. The van der Waals surface area contributed by atoms with Gasteiger partial charge in [0.1, 0.15) is 5.01 Å². The van der Waals surface area contributed by atoms with Crippen molar-refractivity contribution >= 4 is 39.5 Å². The van der Waals surface area contributed by atoms with Crippen LogP contribution in [-0.2, 0) is 0 Å². The van der Waals surface area contributed by atoms with Crippen molar-refractivity contribution in [2.24, 2.45) is 0 Å². The third-order valence-electron chi connectivity index (χ3n) is 4.27. The molecule has 0 spiro atoms. The third kappa shape index (κ3) is 2.85. The van der Waals surface area contributed by atoms with Gasteiger partial charge in [-0.1, -0.05) is 40.6 Å². The van der Waals surface area contributed by atoms with Crippen LogP contribution in [0.15, 0.2) is 18.2 Å². The van der Waals surface area contributed by atoms with Gasteiger partial charge in [0, 0.05) is 11.5 Å². The van der Waals surface area contributed by atoms with E-state index in [1.165, 1.54) is 11.3 Å². The normalized spacial score (nSPS) is 17.2. The fraction of sp³-hybridized carbons (Fsp3) is 0.400. The van der Waals surface area contributed by atoms with Crippen LogP contribution >= 0.6 is 34.5 Å². The summed E-state index contributed by atoms with van der Waals surface area (Å²) < 4.78 is 1.89. The van der Waals surface area contributed by atoms with Crippen LogP contribution in [0.1, 0.15) is 24.6 Å². The molecule has 1 fully saturated rings. The van der Waals surface area contributed by atoms with Crippen molar-refractivity contribution in [3.63, 3.8) is 0 Å². The summed E-state index contributed by atoms with van der Waals surface area (Å²) in [4.78, 5) is 3.16. The van der Waals surface area contributed by atoms with E-state index in [0.717, 1.165) is 47.3 Å². The molecule has 1 aliphatic rings. The van der Waals surface area contributed by atoms with Crippen molar-refractivity contribution in [1.29, 1.82) is 0 Å². The first kappa shape index (κ1) is 15.3. The zero-order chi connectivity index (χ0) is 16.0. The molecule has 0 unspecified atom stereocenters. The lowest BCUT2D eigenvalue weighted by Gasteiger charge is -2.27. The number of hydrogen-bond donors (Lipinski definition) is 0. The summed E-state index contributed by atoms with van der Waals surface area (Å²) in [7, 11) is 2.15. The zero-order valence-electron chi connectivity index (χ0n) is 12.5. The summed E-state index contributed by atoms with van der Waals surface area (Å²) in [6.07, 6.45) is 2.19. The topological polar surface area (TPSA) is 46.3 Å². The first-order valence-electron chi connectivity index (χ1n) is 7.48. The molecule has 120 valence electrons. The van der Waals surface area contributed by atoms with Crippen molar-refractivity contribution in [1.82, 2.24) is 24.7 Å². The van der Waals surface area contributed by atoms with Crippen LogP contribution in [0.3, 0.4) is 0 Å². The van der Waals surface area contributed by atoms with Gasteiger partial charge in [-0.05, 0) is 45.1 Å². The highest BCUT2D eigenvalue weighted by atomic mass is 35.5. The van der Waals surface area contributed by atoms with Gasteiger partial charge in [-0.2, -0.15) is 9.61 Å². The van der Waals surface area contributed by atoms with E-state index < -0.39 is 0 Å². The maximum absolute atomic E-state index is 6.11. The van der Waals surface area contributed by atoms with E-state index >= 15 is 0 Å². The molecular weight excluding hydrogens is 353 g/mol. The fourth-order valence-corrected chi connectivity index (χ4v) is 4.04. The van der Waals surface area contributed by atoms with E-state index in [1.807, 2.05) is 16.6 Å². The average molecular weight is 368 g/mol. The molecule has 4 rings (SSSR count). The van der Waals surface area contributed by atoms with Crippen LogP contribution < -0.4 is 0 Å². The molecule has 0 aliphatic carbocycles. The van der Waals surface area contributed by atoms with E-state index in [1.54, 1.807) is 6.07 Å². The molecule has 3 aromatic rings. The highest BCUT2D eigenvalue weighted by Crippen LogP contribution is 2.33. The molecule has 8 heteroatoms. The SMILES string of the molecule is CN1CCC(c2nnc3sc(-c4ccc(Cl)c(Cl)c4)nn23)CC1. The Morgan fingerprint density at radius 2 is 1.91 bits per heavy atom. The van der Waals surface area contributed by atoms with Gasteiger partial charge < -0.3 is 4.90 Å². The Morgan fingerprint density at radius 3 is 2.65 bits per heavy atom. The lowest BCUT2D eigenvalue weighted by Crippen LogP contribution is -2.30. The van der Waals surface area contributed by atoms with Crippen molar-refractivity contribution < 1.29 is 0 Å². The third-order valence-corrected chi connectivity index (χ3v) is 5.95. The second kappa shape index (κ2) is 6.02. The molecule has 2 aromatic heterocycles. The number of likely N-dealkylation sites (tertiary alicyclic amines) is 1. The number of aromatic nitrogens is 4. The standard InChI is InChI=1S/C15H15Cl2N5S/c1-21-6-4-9(5-7-21)13-18-19-15-22(13)20-14(23-15)10-2-3-11(16)12(17)8-10/h2-3,8-9H,4-7H2,1H3. The van der Waals surface area contributed by atoms with Crippen LogP contribution in [-0.4, -0.2) is 44.8 Å². The highest BCUT2D eigenvalue weighted by molar-refractivity contribution is 7.19. The van der Waals surface area contributed by atoms with Crippen molar-refractivity contribution in [3.05, 3.63) is 34.1 Å². The van der Waals surface area contributed by atoms with Crippen molar-refractivity contribution in [3.8, 4) is 10.6 Å². The smallest absolute Gasteiger partial charge is 0.234 e. The van der Waals surface area contributed by atoms with Gasteiger partial charge in [0.15, 0.2) is 5.82 Å². The Morgan fingerprint density at radius 1 is 1.13 bits per heavy atom. The molecule has 5 nitrogen and oxygen atoms in total. The van der Waals surface area contributed by atoms with Crippen LogP contribution in [0.2, 0.25) is 10.0 Å². The van der Waals surface area contributed by atoms with E-state index in [2.05, 4.69) is 22.1 Å². The minimum absolute atomic E-state index is 0.421. The summed E-state index contributed by atoms with van der Waals surface area (Å²) in [6.45, 7) is 2.17. The van der Waals surface area contributed by atoms with E-state index in [4.69, 9.17) is 28.3 Å². The maximum atomic E-state index is 6.11. The van der Waals surface area contributed by atoms with Gasteiger partial charge in [-0.15, -0.1) is 10.2 Å². The Labute approximate surface area is 147 Å². The number of rotatable bonds is 2. The minimum atomic E-state index is 0.421. The van der Waals surface area contributed by atoms with Crippen molar-refractivity contribution in [2.45, 2.75) is 18.8 Å². The maximum Gasteiger partial charge on any atom is 0.234 e. The number of halogens is 2. The predicted molar refractivity (Wildman–Crippen MR) is 93.6 cm³/mol. The van der Waals surface area contributed by atoms with Crippen LogP contribution in [0, 0.1) is 0 Å². The number of fused-ring (bicyclic) bond motifs is 1. The van der Waals surface area contributed by atoms with Gasteiger partial charge in [0.25, 0.3) is 0 Å². The fourth-order valence-electron chi connectivity index (χ4n) is 2.90. The van der Waals surface area contributed by atoms with Gasteiger partial charge in [0.2, 0.25) is 4.96 Å². The first-order chi connectivity index (χ1) is 11.1. The number of benzene rings is 1. The first-order valence-corrected chi connectivity index (χ1v) is 9.05. The largest absolute Gasteiger partial charge is 0.306 e. The molecule has 3 heterocycles. The monoisotopic (exact) mass is 367 g/mol. The highest BCUT2D eigenvalue weighted by Gasteiger charge is 2.24. The summed E-state index contributed by atoms with van der Waals surface area (Å²) >= 11 is 13.6. The Hall–Kier alpha value is -1.21. The van der Waals surface area contributed by atoms with Gasteiger partial charge in [-0.3, -0.25) is 0 Å². The quantitative estimate of drug-likeness (QED) is 0.687. The molecule has 0 bridgehead atoms. The van der Waals surface area contributed by atoms with E-state index in [9.17, 15) is 0 Å². The molecule has 0 amide bonds. The summed E-state index contributed by atoms with van der Waals surface area (Å²) in [5.41, 5.74) is 0.948. The second-order valence-corrected chi connectivity index (χ2v) is 7.64. The molecule has 23 heavy (non-hydrogen) atoms. The molecule has 0 N–H and O–H groups in total. The van der Waals surface area contributed by atoms with E-state index in [-0.39, 0.29) is 0 Å². The number of piperidine rings is 1. The van der Waals surface area contributed by atoms with Gasteiger partial charge in [-0.25, -0.2) is 0 Å². The lowest BCUT2D eigenvalue weighted by molar-refractivity contribution is 0.250. The molecule has 0 radical (unpaired) electrons. The van der Waals surface area contributed by atoms with Gasteiger partial charge >= 0.3 is 0 Å². The van der Waals surface area contributed by atoms with Crippen LogP contribution in [0.25, 0.3) is 15.5 Å². The average Bonchev–Trinajstić information content (AvgIpc) is 3.11. The summed E-state index contributed by atoms with van der Waals surface area (Å²) in [5, 5.41) is 15.3. The predicted octanol–water partition coefficient (Wildman–Crippen LogP) is 3.97.